The van der Waals surface area contributed by atoms with Crippen molar-refractivity contribution >= 4 is 17.0 Å². The SMILES string of the molecule is CCCc1ncc(-c2ccc(N(C)C)cc2)s1. The maximum absolute atomic E-state index is 4.45. The van der Waals surface area contributed by atoms with Crippen LogP contribution in [-0.2, 0) is 6.42 Å². The van der Waals surface area contributed by atoms with Crippen LogP contribution < -0.4 is 4.90 Å². The van der Waals surface area contributed by atoms with Gasteiger partial charge in [-0.2, -0.15) is 0 Å². The van der Waals surface area contributed by atoms with Crippen molar-refractivity contribution in [2.75, 3.05) is 19.0 Å². The zero-order chi connectivity index (χ0) is 12.3. The second-order valence-electron chi connectivity index (χ2n) is 4.31. The van der Waals surface area contributed by atoms with Gasteiger partial charge in [-0.05, 0) is 30.5 Å². The number of benzene rings is 1. The molecule has 90 valence electrons. The lowest BCUT2D eigenvalue weighted by Crippen LogP contribution is -2.07. The molecule has 1 aromatic heterocycles. The van der Waals surface area contributed by atoms with E-state index in [0.717, 1.165) is 12.8 Å². The van der Waals surface area contributed by atoms with Crippen LogP contribution in [0.25, 0.3) is 10.4 Å². The quantitative estimate of drug-likeness (QED) is 0.815. The first-order valence-electron chi connectivity index (χ1n) is 5.93. The molecule has 2 nitrogen and oxygen atoms in total. The van der Waals surface area contributed by atoms with E-state index >= 15 is 0 Å². The van der Waals surface area contributed by atoms with E-state index in [1.807, 2.05) is 6.20 Å². The largest absolute Gasteiger partial charge is 0.378 e. The molecule has 1 aromatic carbocycles. The minimum Gasteiger partial charge on any atom is -0.378 e. The van der Waals surface area contributed by atoms with Crippen LogP contribution in [0.3, 0.4) is 0 Å². The van der Waals surface area contributed by atoms with Crippen molar-refractivity contribution in [1.82, 2.24) is 4.98 Å². The van der Waals surface area contributed by atoms with Gasteiger partial charge in [-0.1, -0.05) is 19.1 Å². The van der Waals surface area contributed by atoms with Gasteiger partial charge in [-0.25, -0.2) is 4.98 Å². The van der Waals surface area contributed by atoms with Crippen LogP contribution in [0.1, 0.15) is 18.4 Å². The fourth-order valence-corrected chi connectivity index (χ4v) is 2.72. The third kappa shape index (κ3) is 2.86. The number of aromatic nitrogens is 1. The number of anilines is 1. The summed E-state index contributed by atoms with van der Waals surface area (Å²) < 4.78 is 0. The lowest BCUT2D eigenvalue weighted by Gasteiger charge is -2.12. The van der Waals surface area contributed by atoms with Crippen molar-refractivity contribution in [2.45, 2.75) is 19.8 Å². The summed E-state index contributed by atoms with van der Waals surface area (Å²) in [6, 6.07) is 8.63. The molecular formula is C14H18N2S. The van der Waals surface area contributed by atoms with Gasteiger partial charge in [0.2, 0.25) is 0 Å². The number of nitrogens with zero attached hydrogens (tertiary/aromatic N) is 2. The summed E-state index contributed by atoms with van der Waals surface area (Å²) in [5.74, 6) is 0. The first kappa shape index (κ1) is 12.1. The van der Waals surface area contributed by atoms with Crippen LogP contribution in [0.15, 0.2) is 30.5 Å². The van der Waals surface area contributed by atoms with E-state index in [9.17, 15) is 0 Å². The lowest BCUT2D eigenvalue weighted by molar-refractivity contribution is 0.909. The Labute approximate surface area is 107 Å². The number of hydrogen-bond donors (Lipinski definition) is 0. The predicted octanol–water partition coefficient (Wildman–Crippen LogP) is 3.83. The highest BCUT2D eigenvalue weighted by molar-refractivity contribution is 7.15. The van der Waals surface area contributed by atoms with E-state index in [1.54, 1.807) is 11.3 Å². The average Bonchev–Trinajstić information content (AvgIpc) is 2.78. The molecule has 0 saturated carbocycles. The Kier molecular flexibility index (Phi) is 3.79. The zero-order valence-corrected chi connectivity index (χ0v) is 11.4. The van der Waals surface area contributed by atoms with Gasteiger partial charge < -0.3 is 4.90 Å². The second-order valence-corrected chi connectivity index (χ2v) is 5.42. The monoisotopic (exact) mass is 246 g/mol. The fraction of sp³-hybridized carbons (Fsp3) is 0.357. The van der Waals surface area contributed by atoms with Crippen molar-refractivity contribution < 1.29 is 0 Å². The fourth-order valence-electron chi connectivity index (χ4n) is 1.70. The van der Waals surface area contributed by atoms with Gasteiger partial charge in [0.1, 0.15) is 0 Å². The van der Waals surface area contributed by atoms with Crippen LogP contribution in [-0.4, -0.2) is 19.1 Å². The maximum atomic E-state index is 4.45. The summed E-state index contributed by atoms with van der Waals surface area (Å²) in [4.78, 5) is 7.82. The van der Waals surface area contributed by atoms with Crippen molar-refractivity contribution in [3.05, 3.63) is 35.5 Å². The Hall–Kier alpha value is -1.35. The molecule has 0 saturated heterocycles. The molecule has 0 unspecified atom stereocenters. The number of rotatable bonds is 4. The number of thiazole rings is 1. The first-order valence-corrected chi connectivity index (χ1v) is 6.75. The van der Waals surface area contributed by atoms with Gasteiger partial charge in [-0.15, -0.1) is 11.3 Å². The minimum absolute atomic E-state index is 1.08. The topological polar surface area (TPSA) is 16.1 Å². The van der Waals surface area contributed by atoms with E-state index in [1.165, 1.54) is 21.1 Å². The van der Waals surface area contributed by atoms with E-state index in [-0.39, 0.29) is 0 Å². The van der Waals surface area contributed by atoms with Crippen molar-refractivity contribution in [3.63, 3.8) is 0 Å². The average molecular weight is 246 g/mol. The Balaban J connectivity index is 2.21. The van der Waals surface area contributed by atoms with Gasteiger partial charge >= 0.3 is 0 Å². The summed E-state index contributed by atoms with van der Waals surface area (Å²) in [5, 5.41) is 1.24. The first-order chi connectivity index (χ1) is 8.20. The summed E-state index contributed by atoms with van der Waals surface area (Å²) in [5.41, 5.74) is 2.49. The van der Waals surface area contributed by atoms with E-state index in [0.29, 0.717) is 0 Å². The van der Waals surface area contributed by atoms with Crippen LogP contribution in [0.4, 0.5) is 5.69 Å². The Bertz CT molecular complexity index is 471. The smallest absolute Gasteiger partial charge is 0.0931 e. The molecule has 1 heterocycles. The van der Waals surface area contributed by atoms with E-state index in [2.05, 4.69) is 55.2 Å². The zero-order valence-electron chi connectivity index (χ0n) is 10.6. The van der Waals surface area contributed by atoms with Crippen molar-refractivity contribution in [1.29, 1.82) is 0 Å². The number of hydrogen-bond acceptors (Lipinski definition) is 3. The summed E-state index contributed by atoms with van der Waals surface area (Å²) >= 11 is 1.80. The highest BCUT2D eigenvalue weighted by atomic mass is 32.1. The summed E-state index contributed by atoms with van der Waals surface area (Å²) in [7, 11) is 4.11. The molecule has 0 radical (unpaired) electrons. The van der Waals surface area contributed by atoms with Crippen molar-refractivity contribution in [2.24, 2.45) is 0 Å². The Morgan fingerprint density at radius 2 is 1.88 bits per heavy atom. The third-order valence-corrected chi connectivity index (χ3v) is 3.79. The molecular weight excluding hydrogens is 228 g/mol. The van der Waals surface area contributed by atoms with Crippen molar-refractivity contribution in [3.8, 4) is 10.4 Å². The molecule has 0 N–H and O–H groups in total. The molecule has 0 atom stereocenters. The van der Waals surface area contributed by atoms with Crippen LogP contribution >= 0.6 is 11.3 Å². The van der Waals surface area contributed by atoms with Gasteiger partial charge in [0.25, 0.3) is 0 Å². The predicted molar refractivity (Wildman–Crippen MR) is 75.9 cm³/mol. The lowest BCUT2D eigenvalue weighted by atomic mass is 10.2. The third-order valence-electron chi connectivity index (χ3n) is 2.69. The molecule has 0 amide bonds. The van der Waals surface area contributed by atoms with Gasteiger partial charge in [0, 0.05) is 26.0 Å². The second kappa shape index (κ2) is 5.32. The summed E-state index contributed by atoms with van der Waals surface area (Å²) in [6.07, 6.45) is 4.23. The molecule has 0 bridgehead atoms. The molecule has 3 heteroatoms. The van der Waals surface area contributed by atoms with Gasteiger partial charge in [0.05, 0.1) is 9.88 Å². The Morgan fingerprint density at radius 1 is 1.18 bits per heavy atom. The summed E-state index contributed by atoms with van der Waals surface area (Å²) in [6.45, 7) is 2.19. The Morgan fingerprint density at radius 3 is 2.47 bits per heavy atom. The van der Waals surface area contributed by atoms with Crippen LogP contribution in [0.5, 0.6) is 0 Å². The molecule has 0 fully saturated rings. The molecule has 0 aliphatic carbocycles. The minimum atomic E-state index is 1.08. The van der Waals surface area contributed by atoms with E-state index < -0.39 is 0 Å². The highest BCUT2D eigenvalue weighted by Gasteiger charge is 2.04. The van der Waals surface area contributed by atoms with E-state index in [4.69, 9.17) is 0 Å². The molecule has 0 aliphatic heterocycles. The van der Waals surface area contributed by atoms with Crippen LogP contribution in [0, 0.1) is 0 Å². The molecule has 17 heavy (non-hydrogen) atoms. The standard InChI is InChI=1S/C14H18N2S/c1-4-5-14-15-10-13(17-14)11-6-8-12(9-7-11)16(2)3/h6-10H,4-5H2,1-3H3. The highest BCUT2D eigenvalue weighted by Crippen LogP contribution is 2.28. The maximum Gasteiger partial charge on any atom is 0.0931 e. The normalized spacial score (nSPS) is 10.5. The van der Waals surface area contributed by atoms with Gasteiger partial charge in [0.15, 0.2) is 0 Å². The number of aryl methyl sites for hydroxylation is 1. The van der Waals surface area contributed by atoms with Gasteiger partial charge in [-0.3, -0.25) is 0 Å². The van der Waals surface area contributed by atoms with Crippen LogP contribution in [0.2, 0.25) is 0 Å². The molecule has 2 rings (SSSR count). The molecule has 0 aliphatic rings. The molecule has 0 spiro atoms. The molecule has 2 aromatic rings.